The Hall–Kier alpha value is -1.47. The van der Waals surface area contributed by atoms with Gasteiger partial charge in [0.2, 0.25) is 17.6 Å². The van der Waals surface area contributed by atoms with E-state index < -0.39 is 23.5 Å². The van der Waals surface area contributed by atoms with E-state index in [0.29, 0.717) is 0 Å². The Morgan fingerprint density at radius 3 is 1.94 bits per heavy atom. The highest BCUT2D eigenvalue weighted by molar-refractivity contribution is 6.17. The summed E-state index contributed by atoms with van der Waals surface area (Å²) in [7, 11) is 2.50. The number of carbonyl (C=O) groups excluding carboxylic acids is 3. The first-order valence-electron chi connectivity index (χ1n) is 4.38. The zero-order valence-corrected chi connectivity index (χ0v) is 9.62. The van der Waals surface area contributed by atoms with Gasteiger partial charge in [-0.1, -0.05) is 0 Å². The van der Waals surface area contributed by atoms with E-state index in [4.69, 9.17) is 15.2 Å². The van der Waals surface area contributed by atoms with E-state index in [1.54, 1.807) is 0 Å². The second-order valence-corrected chi connectivity index (χ2v) is 3.13. The molecule has 0 saturated carbocycles. The summed E-state index contributed by atoms with van der Waals surface area (Å²) in [6.07, 6.45) is 0. The minimum Gasteiger partial charge on any atom is -0.369 e. The van der Waals surface area contributed by atoms with Gasteiger partial charge in [-0.3, -0.25) is 19.7 Å². The largest absolute Gasteiger partial charge is 0.369 e. The molecule has 3 N–H and O–H groups in total. The standard InChI is InChI=1S/C9H15N2O5/c1-5(6(10)12)7(13)11-8(14)9(2,15-3)16-4/h1-4H3,(H2,10,12)(H,11,13,14). The van der Waals surface area contributed by atoms with Crippen LogP contribution in [0.1, 0.15) is 13.8 Å². The summed E-state index contributed by atoms with van der Waals surface area (Å²) in [6, 6.07) is 0. The molecule has 0 atom stereocenters. The first-order chi connectivity index (χ1) is 7.28. The van der Waals surface area contributed by atoms with Crippen LogP contribution in [0.4, 0.5) is 0 Å². The number of carbonyl (C=O) groups is 3. The molecule has 7 heteroatoms. The summed E-state index contributed by atoms with van der Waals surface area (Å²) in [5, 5.41) is 1.94. The van der Waals surface area contributed by atoms with Crippen molar-refractivity contribution >= 4 is 17.7 Å². The van der Waals surface area contributed by atoms with Crippen LogP contribution in [0.15, 0.2) is 0 Å². The molecule has 3 amide bonds. The average molecular weight is 231 g/mol. The number of primary amides is 1. The number of nitrogens with two attached hydrogens (primary N) is 1. The molecule has 0 spiro atoms. The molecule has 0 saturated heterocycles. The molecule has 7 nitrogen and oxygen atoms in total. The van der Waals surface area contributed by atoms with Crippen LogP contribution in [0.25, 0.3) is 0 Å². The van der Waals surface area contributed by atoms with E-state index in [0.717, 1.165) is 0 Å². The molecule has 0 aliphatic carbocycles. The molecule has 0 unspecified atom stereocenters. The fourth-order valence-electron chi connectivity index (χ4n) is 0.691. The molecule has 16 heavy (non-hydrogen) atoms. The number of amides is 3. The lowest BCUT2D eigenvalue weighted by Crippen LogP contribution is -2.51. The normalized spacial score (nSPS) is 11.3. The van der Waals surface area contributed by atoms with Crippen LogP contribution in [-0.4, -0.2) is 37.7 Å². The van der Waals surface area contributed by atoms with Crippen LogP contribution < -0.4 is 11.1 Å². The zero-order valence-electron chi connectivity index (χ0n) is 9.62. The Kier molecular flexibility index (Phi) is 5.06. The summed E-state index contributed by atoms with van der Waals surface area (Å²) >= 11 is 0. The SMILES string of the molecule is COC(C)(OC)C(=O)NC(=O)[C](C)C(N)=O. The molecule has 0 rings (SSSR count). The lowest BCUT2D eigenvalue weighted by molar-refractivity contribution is -0.201. The van der Waals surface area contributed by atoms with Crippen molar-refractivity contribution in [3.63, 3.8) is 0 Å². The van der Waals surface area contributed by atoms with E-state index in [-0.39, 0.29) is 5.92 Å². The van der Waals surface area contributed by atoms with Crippen molar-refractivity contribution < 1.29 is 23.9 Å². The average Bonchev–Trinajstić information content (AvgIpc) is 2.26. The van der Waals surface area contributed by atoms with Crippen molar-refractivity contribution in [3.8, 4) is 0 Å². The second-order valence-electron chi connectivity index (χ2n) is 3.13. The summed E-state index contributed by atoms with van der Waals surface area (Å²) in [6.45, 7) is 2.54. The highest BCUT2D eigenvalue weighted by Gasteiger charge is 2.35. The second kappa shape index (κ2) is 5.57. The number of nitrogens with one attached hydrogen (secondary N) is 1. The zero-order chi connectivity index (χ0) is 12.9. The van der Waals surface area contributed by atoms with Crippen LogP contribution in [0.2, 0.25) is 0 Å². The number of methoxy groups -OCH3 is 2. The molecule has 0 aromatic rings. The van der Waals surface area contributed by atoms with E-state index in [1.807, 2.05) is 5.32 Å². The van der Waals surface area contributed by atoms with E-state index in [2.05, 4.69) is 0 Å². The molecule has 0 aromatic heterocycles. The topological polar surface area (TPSA) is 108 Å². The molecule has 1 radical (unpaired) electrons. The highest BCUT2D eigenvalue weighted by atomic mass is 16.7. The molecule has 0 heterocycles. The van der Waals surface area contributed by atoms with Crippen molar-refractivity contribution in [1.29, 1.82) is 0 Å². The monoisotopic (exact) mass is 231 g/mol. The van der Waals surface area contributed by atoms with Gasteiger partial charge in [-0.15, -0.1) is 0 Å². The van der Waals surface area contributed by atoms with Crippen LogP contribution in [0.3, 0.4) is 0 Å². The maximum absolute atomic E-state index is 11.5. The third-order valence-electron chi connectivity index (χ3n) is 2.13. The smallest absolute Gasteiger partial charge is 0.286 e. The Morgan fingerprint density at radius 2 is 1.62 bits per heavy atom. The summed E-state index contributed by atoms with van der Waals surface area (Å²) in [4.78, 5) is 33.5. The van der Waals surface area contributed by atoms with Gasteiger partial charge in [0.05, 0.1) is 0 Å². The van der Waals surface area contributed by atoms with Gasteiger partial charge in [0.15, 0.2) is 0 Å². The Labute approximate surface area is 93.3 Å². The third-order valence-corrected chi connectivity index (χ3v) is 2.13. The van der Waals surface area contributed by atoms with Crippen molar-refractivity contribution in [2.75, 3.05) is 14.2 Å². The number of ether oxygens (including phenoxy) is 2. The van der Waals surface area contributed by atoms with E-state index in [9.17, 15) is 14.4 Å². The minimum absolute atomic E-state index is 0.275. The molecular weight excluding hydrogens is 216 g/mol. The number of imide groups is 1. The summed E-state index contributed by atoms with van der Waals surface area (Å²) < 4.78 is 9.56. The van der Waals surface area contributed by atoms with Gasteiger partial charge in [-0.25, -0.2) is 0 Å². The lowest BCUT2D eigenvalue weighted by atomic mass is 10.1. The number of hydrogen-bond donors (Lipinski definition) is 2. The van der Waals surface area contributed by atoms with Crippen molar-refractivity contribution in [2.45, 2.75) is 19.6 Å². The molecule has 0 aliphatic rings. The number of rotatable bonds is 5. The van der Waals surface area contributed by atoms with Gasteiger partial charge in [-0.05, 0) is 13.8 Å². The maximum atomic E-state index is 11.5. The highest BCUT2D eigenvalue weighted by Crippen LogP contribution is 2.10. The summed E-state index contributed by atoms with van der Waals surface area (Å²) in [5.41, 5.74) is 4.88. The van der Waals surface area contributed by atoms with Crippen molar-refractivity contribution in [2.24, 2.45) is 5.73 Å². The minimum atomic E-state index is -1.59. The van der Waals surface area contributed by atoms with E-state index >= 15 is 0 Å². The van der Waals surface area contributed by atoms with Crippen LogP contribution in [-0.2, 0) is 23.9 Å². The molecule has 0 aliphatic heterocycles. The number of hydrogen-bond acceptors (Lipinski definition) is 5. The molecule has 0 aromatic carbocycles. The fraction of sp³-hybridized carbons (Fsp3) is 0.556. The molecule has 0 fully saturated rings. The van der Waals surface area contributed by atoms with Crippen LogP contribution >= 0.6 is 0 Å². The summed E-state index contributed by atoms with van der Waals surface area (Å²) in [5.74, 6) is -4.46. The molecular formula is C9H15N2O5. The van der Waals surface area contributed by atoms with Gasteiger partial charge in [0, 0.05) is 14.2 Å². The first kappa shape index (κ1) is 14.5. The van der Waals surface area contributed by atoms with Gasteiger partial charge in [0.1, 0.15) is 5.92 Å². The molecule has 0 bridgehead atoms. The van der Waals surface area contributed by atoms with E-state index in [1.165, 1.54) is 28.1 Å². The third kappa shape index (κ3) is 3.28. The van der Waals surface area contributed by atoms with Gasteiger partial charge in [0.25, 0.3) is 5.91 Å². The Balaban J connectivity index is 4.57. The fourth-order valence-corrected chi connectivity index (χ4v) is 0.691. The predicted octanol–water partition coefficient (Wildman–Crippen LogP) is -1.28. The quantitative estimate of drug-likeness (QED) is 0.452. The Bertz CT molecular complexity index is 298. The molecule has 91 valence electrons. The lowest BCUT2D eigenvalue weighted by Gasteiger charge is -2.24. The van der Waals surface area contributed by atoms with Crippen molar-refractivity contribution in [3.05, 3.63) is 5.92 Å². The van der Waals surface area contributed by atoms with Crippen LogP contribution in [0.5, 0.6) is 0 Å². The first-order valence-corrected chi connectivity index (χ1v) is 4.38. The van der Waals surface area contributed by atoms with Gasteiger partial charge >= 0.3 is 0 Å². The predicted molar refractivity (Wildman–Crippen MR) is 53.7 cm³/mol. The van der Waals surface area contributed by atoms with Gasteiger partial charge in [-0.2, -0.15) is 0 Å². The maximum Gasteiger partial charge on any atom is 0.286 e. The van der Waals surface area contributed by atoms with Crippen molar-refractivity contribution in [1.82, 2.24) is 5.32 Å². The Morgan fingerprint density at radius 1 is 1.19 bits per heavy atom. The van der Waals surface area contributed by atoms with Crippen LogP contribution in [0, 0.1) is 5.92 Å². The van der Waals surface area contributed by atoms with Gasteiger partial charge < -0.3 is 15.2 Å².